The average Bonchev–Trinajstić information content (AvgIpc) is 2.73. The number of nitrogens with zero attached hydrogens (tertiary/aromatic N) is 1. The number of rotatable bonds is 4. The van der Waals surface area contributed by atoms with Crippen LogP contribution in [0.1, 0.15) is 15.4 Å². The smallest absolute Gasteiger partial charge is 0.168 e. The molecule has 2 rings (SSSR count). The maximum Gasteiger partial charge on any atom is 0.168 e. The lowest BCUT2D eigenvalue weighted by Gasteiger charge is -2.03. The van der Waals surface area contributed by atoms with Crippen LogP contribution in [0, 0.1) is 0 Å². The summed E-state index contributed by atoms with van der Waals surface area (Å²) in [6.45, 7) is 0.512. The first-order chi connectivity index (χ1) is 7.78. The van der Waals surface area contributed by atoms with E-state index in [4.69, 9.17) is 4.74 Å². The lowest BCUT2D eigenvalue weighted by Crippen LogP contribution is -1.94. The summed E-state index contributed by atoms with van der Waals surface area (Å²) in [6, 6.07) is 5.38. The Balaban J connectivity index is 1.96. The average molecular weight is 298 g/mol. The van der Waals surface area contributed by atoms with E-state index >= 15 is 0 Å². The number of ether oxygens (including phenoxy) is 1. The molecule has 0 aromatic carbocycles. The molecule has 0 aliphatic carbocycles. The molecule has 3 nitrogen and oxygen atoms in total. The van der Waals surface area contributed by atoms with E-state index in [-0.39, 0.29) is 0 Å². The van der Waals surface area contributed by atoms with E-state index in [1.807, 2.05) is 11.4 Å². The van der Waals surface area contributed by atoms with Gasteiger partial charge < -0.3 is 4.74 Å². The zero-order valence-electron chi connectivity index (χ0n) is 8.22. The molecule has 0 unspecified atom stereocenters. The van der Waals surface area contributed by atoms with E-state index in [0.29, 0.717) is 24.3 Å². The Morgan fingerprint density at radius 2 is 2.38 bits per heavy atom. The van der Waals surface area contributed by atoms with E-state index in [2.05, 4.69) is 20.9 Å². The minimum Gasteiger partial charge on any atom is -0.486 e. The summed E-state index contributed by atoms with van der Waals surface area (Å²) in [5, 5.41) is 2.01. The summed E-state index contributed by atoms with van der Waals surface area (Å²) in [6.07, 6.45) is 2.26. The Kier molecular flexibility index (Phi) is 3.69. The van der Waals surface area contributed by atoms with Crippen LogP contribution in [0.5, 0.6) is 5.75 Å². The van der Waals surface area contributed by atoms with Crippen molar-refractivity contribution in [2.24, 2.45) is 0 Å². The zero-order valence-corrected chi connectivity index (χ0v) is 10.6. The third-order valence-electron chi connectivity index (χ3n) is 1.88. The molecular formula is C11H8BrNO2S. The third-order valence-corrected chi connectivity index (χ3v) is 3.55. The molecule has 0 fully saturated rings. The first-order valence-electron chi connectivity index (χ1n) is 4.55. The molecule has 0 aliphatic rings. The van der Waals surface area contributed by atoms with Crippen molar-refractivity contribution in [1.82, 2.24) is 4.98 Å². The predicted octanol–water partition coefficient (Wildman–Crippen LogP) is 3.30. The largest absolute Gasteiger partial charge is 0.486 e. The van der Waals surface area contributed by atoms with Crippen LogP contribution in [0.4, 0.5) is 0 Å². The molecule has 0 N–H and O–H groups in total. The van der Waals surface area contributed by atoms with Crippen molar-refractivity contribution in [3.63, 3.8) is 0 Å². The van der Waals surface area contributed by atoms with Gasteiger partial charge in [-0.2, -0.15) is 0 Å². The van der Waals surface area contributed by atoms with Gasteiger partial charge in [-0.25, -0.2) is 4.98 Å². The van der Waals surface area contributed by atoms with Crippen molar-refractivity contribution in [2.75, 3.05) is 0 Å². The monoisotopic (exact) mass is 297 g/mol. The molecule has 2 heterocycles. The SMILES string of the molecule is O=Cc1ccc(OCc2cc(Br)cs2)cn1. The molecule has 0 amide bonds. The Morgan fingerprint density at radius 3 is 2.94 bits per heavy atom. The highest BCUT2D eigenvalue weighted by Gasteiger charge is 2.00. The summed E-state index contributed by atoms with van der Waals surface area (Å²) < 4.78 is 6.58. The van der Waals surface area contributed by atoms with E-state index in [1.54, 1.807) is 29.7 Å². The van der Waals surface area contributed by atoms with Gasteiger partial charge in [0.2, 0.25) is 0 Å². The second-order valence-corrected chi connectivity index (χ2v) is 4.97. The fraction of sp³-hybridized carbons (Fsp3) is 0.0909. The Hall–Kier alpha value is -1.20. The Morgan fingerprint density at radius 1 is 1.50 bits per heavy atom. The normalized spacial score (nSPS) is 10.1. The molecule has 2 aromatic rings. The standard InChI is InChI=1S/C11H8BrNO2S/c12-8-3-11(16-7-8)6-15-10-2-1-9(5-14)13-4-10/h1-5,7H,6H2. The fourth-order valence-electron chi connectivity index (χ4n) is 1.13. The van der Waals surface area contributed by atoms with E-state index in [1.165, 1.54) is 0 Å². The fourth-order valence-corrected chi connectivity index (χ4v) is 2.49. The predicted molar refractivity (Wildman–Crippen MR) is 66.0 cm³/mol. The second kappa shape index (κ2) is 5.23. The van der Waals surface area contributed by atoms with Crippen molar-refractivity contribution in [1.29, 1.82) is 0 Å². The van der Waals surface area contributed by atoms with Gasteiger partial charge >= 0.3 is 0 Å². The van der Waals surface area contributed by atoms with Crippen LogP contribution in [0.3, 0.4) is 0 Å². The maximum absolute atomic E-state index is 10.4. The van der Waals surface area contributed by atoms with E-state index in [9.17, 15) is 4.79 Å². The van der Waals surface area contributed by atoms with E-state index in [0.717, 1.165) is 9.35 Å². The highest BCUT2D eigenvalue weighted by Crippen LogP contribution is 2.21. The van der Waals surface area contributed by atoms with Crippen molar-refractivity contribution in [3.05, 3.63) is 44.8 Å². The van der Waals surface area contributed by atoms with Crippen LogP contribution in [-0.2, 0) is 6.61 Å². The van der Waals surface area contributed by atoms with Crippen molar-refractivity contribution in [3.8, 4) is 5.75 Å². The van der Waals surface area contributed by atoms with Gasteiger partial charge in [-0.05, 0) is 34.1 Å². The van der Waals surface area contributed by atoms with Crippen LogP contribution in [0.25, 0.3) is 0 Å². The summed E-state index contributed by atoms with van der Waals surface area (Å²) in [5.74, 6) is 0.662. The zero-order chi connectivity index (χ0) is 11.4. The molecule has 0 aliphatic heterocycles. The molecule has 5 heteroatoms. The number of hydrogen-bond donors (Lipinski definition) is 0. The number of hydrogen-bond acceptors (Lipinski definition) is 4. The van der Waals surface area contributed by atoms with Crippen molar-refractivity contribution >= 4 is 33.6 Å². The summed E-state index contributed by atoms with van der Waals surface area (Å²) in [4.78, 5) is 15.4. The Bertz CT molecular complexity index is 481. The quantitative estimate of drug-likeness (QED) is 0.813. The lowest BCUT2D eigenvalue weighted by atomic mass is 10.4. The number of pyridine rings is 1. The first-order valence-corrected chi connectivity index (χ1v) is 6.22. The Labute approximate surface area is 105 Å². The minimum atomic E-state index is 0.409. The second-order valence-electron chi connectivity index (χ2n) is 3.06. The molecule has 0 atom stereocenters. The molecule has 0 radical (unpaired) electrons. The number of carbonyl (C=O) groups is 1. The van der Waals surface area contributed by atoms with Gasteiger partial charge in [-0.1, -0.05) is 0 Å². The van der Waals surface area contributed by atoms with Crippen molar-refractivity contribution < 1.29 is 9.53 Å². The number of halogens is 1. The summed E-state index contributed by atoms with van der Waals surface area (Å²) in [5.41, 5.74) is 0.409. The molecule has 0 saturated carbocycles. The molecule has 82 valence electrons. The molecule has 0 saturated heterocycles. The molecule has 16 heavy (non-hydrogen) atoms. The topological polar surface area (TPSA) is 39.2 Å². The molecule has 0 spiro atoms. The van der Waals surface area contributed by atoms with Crippen molar-refractivity contribution in [2.45, 2.75) is 6.61 Å². The highest BCUT2D eigenvalue weighted by molar-refractivity contribution is 9.10. The maximum atomic E-state index is 10.4. The lowest BCUT2D eigenvalue weighted by molar-refractivity contribution is 0.111. The first kappa shape index (κ1) is 11.3. The van der Waals surface area contributed by atoms with E-state index < -0.39 is 0 Å². The summed E-state index contributed by atoms with van der Waals surface area (Å²) >= 11 is 5.01. The van der Waals surface area contributed by atoms with Gasteiger partial charge in [-0.15, -0.1) is 11.3 Å². The summed E-state index contributed by atoms with van der Waals surface area (Å²) in [7, 11) is 0. The minimum absolute atomic E-state index is 0.409. The number of thiophene rings is 1. The number of carbonyl (C=O) groups excluding carboxylic acids is 1. The van der Waals surface area contributed by atoms with Gasteiger partial charge in [-0.3, -0.25) is 4.79 Å². The molecular weight excluding hydrogens is 290 g/mol. The van der Waals surface area contributed by atoms with Gasteiger partial charge in [0.15, 0.2) is 6.29 Å². The van der Waals surface area contributed by atoms with Crippen LogP contribution in [-0.4, -0.2) is 11.3 Å². The van der Waals surface area contributed by atoms with Gasteiger partial charge in [0, 0.05) is 14.7 Å². The third kappa shape index (κ3) is 2.90. The van der Waals surface area contributed by atoms with Crippen LogP contribution in [0.15, 0.2) is 34.2 Å². The molecule has 0 bridgehead atoms. The van der Waals surface area contributed by atoms with Gasteiger partial charge in [0.1, 0.15) is 18.1 Å². The number of aldehydes is 1. The van der Waals surface area contributed by atoms with Gasteiger partial charge in [0.05, 0.1) is 6.20 Å². The molecule has 2 aromatic heterocycles. The van der Waals surface area contributed by atoms with Crippen LogP contribution >= 0.6 is 27.3 Å². The van der Waals surface area contributed by atoms with Crippen LogP contribution in [0.2, 0.25) is 0 Å². The van der Waals surface area contributed by atoms with Crippen LogP contribution < -0.4 is 4.74 Å². The van der Waals surface area contributed by atoms with Gasteiger partial charge in [0.25, 0.3) is 0 Å². The highest BCUT2D eigenvalue weighted by atomic mass is 79.9. The number of aromatic nitrogens is 1.